The highest BCUT2D eigenvalue weighted by Gasteiger charge is 2.25. The van der Waals surface area contributed by atoms with Gasteiger partial charge in [-0.05, 0) is 110 Å². The Hall–Kier alpha value is -6.12. The third-order valence-corrected chi connectivity index (χ3v) is 10.3. The average molecular weight is 628 g/mol. The van der Waals surface area contributed by atoms with Crippen LogP contribution in [0.5, 0.6) is 0 Å². The second kappa shape index (κ2) is 11.0. The largest absolute Gasteiger partial charge is 0.456 e. The molecule has 0 amide bonds. The van der Waals surface area contributed by atoms with Crippen molar-refractivity contribution in [2.45, 2.75) is 13.3 Å². The third kappa shape index (κ3) is 4.56. The highest BCUT2D eigenvalue weighted by molar-refractivity contribution is 6.16. The average Bonchev–Trinajstić information content (AvgIpc) is 3.54. The summed E-state index contributed by atoms with van der Waals surface area (Å²) in [6, 6.07) is 55.1. The van der Waals surface area contributed by atoms with Crippen LogP contribution in [-0.2, 0) is 6.42 Å². The lowest BCUT2D eigenvalue weighted by atomic mass is 9.84. The maximum atomic E-state index is 6.90. The van der Waals surface area contributed by atoms with Gasteiger partial charge in [-0.1, -0.05) is 122 Å². The van der Waals surface area contributed by atoms with Crippen LogP contribution >= 0.6 is 0 Å². The fourth-order valence-corrected chi connectivity index (χ4v) is 7.91. The van der Waals surface area contributed by atoms with Crippen LogP contribution in [0, 0.1) is 5.92 Å². The van der Waals surface area contributed by atoms with Gasteiger partial charge in [0.15, 0.2) is 0 Å². The zero-order chi connectivity index (χ0) is 32.5. The molecule has 232 valence electrons. The molecule has 1 atom stereocenters. The molecule has 0 saturated heterocycles. The van der Waals surface area contributed by atoms with Crippen LogP contribution in [0.15, 0.2) is 162 Å². The molecule has 1 heterocycles. The van der Waals surface area contributed by atoms with E-state index in [-0.39, 0.29) is 0 Å². The highest BCUT2D eigenvalue weighted by atomic mass is 16.3. The lowest BCUT2D eigenvalue weighted by molar-refractivity contribution is 0.647. The zero-order valence-electron chi connectivity index (χ0n) is 27.2. The molecule has 2 nitrogen and oxygen atoms in total. The molecule has 2 heteroatoms. The number of hydrogen-bond acceptors (Lipinski definition) is 2. The molecule has 9 aromatic rings. The second-order valence-electron chi connectivity index (χ2n) is 13.4. The summed E-state index contributed by atoms with van der Waals surface area (Å²) in [5, 5.41) is 9.66. The molecule has 49 heavy (non-hydrogen) atoms. The Morgan fingerprint density at radius 2 is 1.16 bits per heavy atom. The summed E-state index contributed by atoms with van der Waals surface area (Å²) in [6.45, 7) is 2.29. The van der Waals surface area contributed by atoms with E-state index in [1.54, 1.807) is 0 Å². The molecule has 10 rings (SSSR count). The first-order valence-electron chi connectivity index (χ1n) is 17.1. The van der Waals surface area contributed by atoms with Crippen LogP contribution < -0.4 is 4.90 Å². The summed E-state index contributed by atoms with van der Waals surface area (Å²) < 4.78 is 6.90. The van der Waals surface area contributed by atoms with E-state index >= 15 is 0 Å². The summed E-state index contributed by atoms with van der Waals surface area (Å²) in [7, 11) is 0. The molecule has 1 aliphatic rings. The second-order valence-corrected chi connectivity index (χ2v) is 13.4. The number of furan rings is 1. The zero-order valence-corrected chi connectivity index (χ0v) is 27.2. The molecule has 1 unspecified atom stereocenters. The quantitative estimate of drug-likeness (QED) is 0.193. The highest BCUT2D eigenvalue weighted by Crippen LogP contribution is 2.47. The normalized spacial score (nSPS) is 14.3. The lowest BCUT2D eigenvalue weighted by Crippen LogP contribution is -2.10. The lowest BCUT2D eigenvalue weighted by Gasteiger charge is -2.27. The molecule has 1 aromatic heterocycles. The number of rotatable bonds is 4. The van der Waals surface area contributed by atoms with Gasteiger partial charge < -0.3 is 9.32 Å². The van der Waals surface area contributed by atoms with E-state index in [4.69, 9.17) is 4.42 Å². The Morgan fingerprint density at radius 1 is 0.571 bits per heavy atom. The standard InChI is InChI=1S/C47H33NO/c1-30-17-24-40-41(37-19-18-31-9-2-5-12-34(31)26-37)29-43-46-44(15-8-16-45(46)49-47(43)42(40)25-30)48(38-22-20-32-10-3-6-13-35(32)27-38)39-23-21-33-11-4-7-14-36(33)28-39/h2-24,26-30H,25H2,1H3. The first kappa shape index (κ1) is 27.9. The van der Waals surface area contributed by atoms with E-state index < -0.39 is 0 Å². The minimum absolute atomic E-state index is 0.432. The molecule has 1 aliphatic carbocycles. The summed E-state index contributed by atoms with van der Waals surface area (Å²) in [5.41, 5.74) is 10.3. The van der Waals surface area contributed by atoms with Crippen LogP contribution in [0.1, 0.15) is 18.1 Å². The van der Waals surface area contributed by atoms with E-state index in [0.29, 0.717) is 5.92 Å². The summed E-state index contributed by atoms with van der Waals surface area (Å²) in [6.07, 6.45) is 5.60. The molecule has 0 N–H and O–H groups in total. The minimum Gasteiger partial charge on any atom is -0.456 e. The van der Waals surface area contributed by atoms with Crippen LogP contribution in [0.4, 0.5) is 17.1 Å². The number of hydrogen-bond donors (Lipinski definition) is 0. The Morgan fingerprint density at radius 3 is 1.82 bits per heavy atom. The Balaban J connectivity index is 1.28. The van der Waals surface area contributed by atoms with Crippen LogP contribution in [0.2, 0.25) is 0 Å². The fraction of sp³-hybridized carbons (Fsp3) is 0.0638. The molecular formula is C47H33NO. The number of nitrogens with zero attached hydrogens (tertiary/aromatic N) is 1. The molecule has 0 aliphatic heterocycles. The van der Waals surface area contributed by atoms with Crippen molar-refractivity contribution in [2.75, 3.05) is 4.90 Å². The van der Waals surface area contributed by atoms with Crippen LogP contribution in [-0.4, -0.2) is 0 Å². The van der Waals surface area contributed by atoms with Gasteiger partial charge in [0.2, 0.25) is 0 Å². The van der Waals surface area contributed by atoms with Gasteiger partial charge in [0.05, 0.1) is 11.1 Å². The molecule has 0 bridgehead atoms. The Kier molecular flexibility index (Phi) is 6.25. The van der Waals surface area contributed by atoms with E-state index in [2.05, 4.69) is 176 Å². The van der Waals surface area contributed by atoms with Crippen LogP contribution in [0.3, 0.4) is 0 Å². The van der Waals surface area contributed by atoms with Crippen molar-refractivity contribution >= 4 is 77.4 Å². The third-order valence-electron chi connectivity index (χ3n) is 10.3. The van der Waals surface area contributed by atoms with Gasteiger partial charge in [-0.15, -0.1) is 0 Å². The predicted molar refractivity (Wildman–Crippen MR) is 208 cm³/mol. The van der Waals surface area contributed by atoms with Crippen molar-refractivity contribution in [1.29, 1.82) is 0 Å². The summed E-state index contributed by atoms with van der Waals surface area (Å²) in [4.78, 5) is 2.41. The SMILES string of the molecule is CC1C=Cc2c(-c3ccc4ccccc4c3)cc3c(oc4cccc(N(c5ccc6ccccc6c5)c5ccc6ccccc6c5)c43)c2C1. The van der Waals surface area contributed by atoms with Gasteiger partial charge in [0.1, 0.15) is 11.2 Å². The van der Waals surface area contributed by atoms with Gasteiger partial charge in [-0.2, -0.15) is 0 Å². The van der Waals surface area contributed by atoms with Crippen LogP contribution in [0.25, 0.3) is 71.5 Å². The molecule has 0 fully saturated rings. The van der Waals surface area contributed by atoms with E-state index in [9.17, 15) is 0 Å². The molecule has 8 aromatic carbocycles. The number of benzene rings is 8. The van der Waals surface area contributed by atoms with Crippen molar-refractivity contribution in [3.05, 3.63) is 169 Å². The minimum atomic E-state index is 0.432. The first-order chi connectivity index (χ1) is 24.2. The molecule has 0 radical (unpaired) electrons. The van der Waals surface area contributed by atoms with Gasteiger partial charge in [0, 0.05) is 22.3 Å². The van der Waals surface area contributed by atoms with Crippen molar-refractivity contribution in [3.63, 3.8) is 0 Å². The van der Waals surface area contributed by atoms with Gasteiger partial charge >= 0.3 is 0 Å². The van der Waals surface area contributed by atoms with E-state index in [0.717, 1.165) is 45.4 Å². The van der Waals surface area contributed by atoms with Crippen molar-refractivity contribution in [3.8, 4) is 11.1 Å². The topological polar surface area (TPSA) is 16.4 Å². The molecule has 0 saturated carbocycles. The smallest absolute Gasteiger partial charge is 0.139 e. The fourth-order valence-electron chi connectivity index (χ4n) is 7.91. The predicted octanol–water partition coefficient (Wildman–Crippen LogP) is 13.4. The molecule has 0 spiro atoms. The number of fused-ring (bicyclic) bond motifs is 8. The molecular weight excluding hydrogens is 595 g/mol. The van der Waals surface area contributed by atoms with E-state index in [1.165, 1.54) is 54.6 Å². The van der Waals surface area contributed by atoms with Crippen molar-refractivity contribution in [2.24, 2.45) is 5.92 Å². The number of anilines is 3. The monoisotopic (exact) mass is 627 g/mol. The Labute approximate surface area is 285 Å². The van der Waals surface area contributed by atoms with Gasteiger partial charge in [-0.3, -0.25) is 0 Å². The number of allylic oxidation sites excluding steroid dienone is 1. The maximum Gasteiger partial charge on any atom is 0.139 e. The van der Waals surface area contributed by atoms with Gasteiger partial charge in [0.25, 0.3) is 0 Å². The Bertz CT molecular complexity index is 2700. The maximum absolute atomic E-state index is 6.90. The van der Waals surface area contributed by atoms with Crippen molar-refractivity contribution < 1.29 is 4.42 Å². The van der Waals surface area contributed by atoms with Gasteiger partial charge in [-0.25, -0.2) is 0 Å². The van der Waals surface area contributed by atoms with E-state index in [1.807, 2.05) is 0 Å². The van der Waals surface area contributed by atoms with Crippen molar-refractivity contribution in [1.82, 2.24) is 0 Å². The summed E-state index contributed by atoms with van der Waals surface area (Å²) >= 11 is 0. The summed E-state index contributed by atoms with van der Waals surface area (Å²) in [5.74, 6) is 0.432. The first-order valence-corrected chi connectivity index (χ1v) is 17.1.